The van der Waals surface area contributed by atoms with Crippen molar-refractivity contribution in [2.75, 3.05) is 10.6 Å². The van der Waals surface area contributed by atoms with Crippen LogP contribution in [0.5, 0.6) is 0 Å². The van der Waals surface area contributed by atoms with E-state index in [1.54, 1.807) is 48.7 Å². The van der Waals surface area contributed by atoms with Gasteiger partial charge in [0.25, 0.3) is 0 Å². The van der Waals surface area contributed by atoms with E-state index in [1.165, 1.54) is 10.7 Å². The average molecular weight is 379 g/mol. The van der Waals surface area contributed by atoms with E-state index in [2.05, 4.69) is 15.7 Å². The van der Waals surface area contributed by atoms with Gasteiger partial charge in [0.1, 0.15) is 5.82 Å². The molecule has 0 saturated heterocycles. The maximum atomic E-state index is 13.8. The minimum atomic E-state index is -0.448. The Bertz CT molecular complexity index is 876. The summed E-state index contributed by atoms with van der Waals surface area (Å²) in [6.07, 6.45) is 1.63. The Morgan fingerprint density at radius 2 is 1.84 bits per heavy atom. The predicted octanol–water partition coefficient (Wildman–Crippen LogP) is 5.02. The van der Waals surface area contributed by atoms with E-state index in [4.69, 9.17) is 23.2 Å². The molecule has 0 aliphatic carbocycles. The van der Waals surface area contributed by atoms with Gasteiger partial charge in [-0.2, -0.15) is 5.10 Å². The van der Waals surface area contributed by atoms with Gasteiger partial charge in [0.2, 0.25) is 0 Å². The van der Waals surface area contributed by atoms with Crippen molar-refractivity contribution >= 4 is 40.7 Å². The molecular weight excluding hydrogens is 366 g/mol. The van der Waals surface area contributed by atoms with Gasteiger partial charge in [0.05, 0.1) is 6.54 Å². The van der Waals surface area contributed by atoms with Crippen molar-refractivity contribution in [2.24, 2.45) is 0 Å². The lowest BCUT2D eigenvalue weighted by molar-refractivity contribution is 0.262. The Balaban J connectivity index is 1.63. The molecule has 0 unspecified atom stereocenters. The Morgan fingerprint density at radius 3 is 2.56 bits per heavy atom. The molecule has 3 rings (SSSR count). The van der Waals surface area contributed by atoms with Crippen LogP contribution in [0.2, 0.25) is 10.0 Å². The lowest BCUT2D eigenvalue weighted by Crippen LogP contribution is -2.19. The van der Waals surface area contributed by atoms with E-state index in [9.17, 15) is 9.18 Å². The fraction of sp³-hybridized carbons (Fsp3) is 0.0588. The van der Waals surface area contributed by atoms with Gasteiger partial charge in [-0.15, -0.1) is 0 Å². The number of nitrogens with zero attached hydrogens (tertiary/aromatic N) is 2. The molecule has 2 aromatic carbocycles. The molecule has 5 nitrogen and oxygen atoms in total. The number of nitrogens with one attached hydrogen (secondary N) is 2. The van der Waals surface area contributed by atoms with E-state index in [1.807, 2.05) is 0 Å². The van der Waals surface area contributed by atoms with Gasteiger partial charge < -0.3 is 5.32 Å². The van der Waals surface area contributed by atoms with Gasteiger partial charge in [-0.1, -0.05) is 29.3 Å². The Hall–Kier alpha value is -2.57. The summed E-state index contributed by atoms with van der Waals surface area (Å²) in [4.78, 5) is 12.0. The number of aromatic nitrogens is 2. The summed E-state index contributed by atoms with van der Waals surface area (Å²) in [7, 11) is 0. The first-order chi connectivity index (χ1) is 12.0. The molecule has 0 aliphatic rings. The molecule has 0 spiro atoms. The molecule has 0 radical (unpaired) electrons. The van der Waals surface area contributed by atoms with Crippen molar-refractivity contribution in [3.63, 3.8) is 0 Å². The van der Waals surface area contributed by atoms with Crippen LogP contribution in [0.1, 0.15) is 5.56 Å². The minimum Gasteiger partial charge on any atom is -0.308 e. The predicted molar refractivity (Wildman–Crippen MR) is 96.8 cm³/mol. The van der Waals surface area contributed by atoms with Crippen LogP contribution < -0.4 is 10.6 Å². The van der Waals surface area contributed by atoms with Gasteiger partial charge in [-0.25, -0.2) is 9.18 Å². The van der Waals surface area contributed by atoms with Gasteiger partial charge in [-0.3, -0.25) is 10.00 Å². The quantitative estimate of drug-likeness (QED) is 0.669. The zero-order valence-corrected chi connectivity index (χ0v) is 14.4. The van der Waals surface area contributed by atoms with Crippen molar-refractivity contribution in [3.05, 3.63) is 76.2 Å². The Morgan fingerprint density at radius 1 is 1.08 bits per heavy atom. The number of halogens is 3. The first kappa shape index (κ1) is 17.3. The largest absolute Gasteiger partial charge is 0.324 e. The van der Waals surface area contributed by atoms with E-state index in [0.717, 1.165) is 0 Å². The number of benzene rings is 2. The normalized spacial score (nSPS) is 10.5. The summed E-state index contributed by atoms with van der Waals surface area (Å²) in [5.41, 5.74) is 0.934. The molecule has 1 heterocycles. The highest BCUT2D eigenvalue weighted by atomic mass is 35.5. The third-order valence-corrected chi connectivity index (χ3v) is 3.97. The number of hydrogen-bond donors (Lipinski definition) is 2. The molecule has 8 heteroatoms. The molecule has 3 aromatic rings. The number of hydrogen-bond acceptors (Lipinski definition) is 2. The van der Waals surface area contributed by atoms with Gasteiger partial charge in [-0.05, 0) is 36.4 Å². The first-order valence-electron chi connectivity index (χ1n) is 7.31. The highest BCUT2D eigenvalue weighted by Gasteiger charge is 2.10. The summed E-state index contributed by atoms with van der Waals surface area (Å²) < 4.78 is 15.3. The first-order valence-corrected chi connectivity index (χ1v) is 8.07. The topological polar surface area (TPSA) is 59.0 Å². The van der Waals surface area contributed by atoms with Crippen molar-refractivity contribution in [1.82, 2.24) is 9.78 Å². The average Bonchev–Trinajstić information content (AvgIpc) is 3.00. The second-order valence-electron chi connectivity index (χ2n) is 5.18. The van der Waals surface area contributed by atoms with Crippen LogP contribution in [0.15, 0.2) is 54.7 Å². The van der Waals surface area contributed by atoms with Crippen molar-refractivity contribution < 1.29 is 9.18 Å². The van der Waals surface area contributed by atoms with E-state index in [-0.39, 0.29) is 6.54 Å². The number of rotatable bonds is 4. The molecule has 25 heavy (non-hydrogen) atoms. The second-order valence-corrected chi connectivity index (χ2v) is 6.03. The number of anilines is 2. The lowest BCUT2D eigenvalue weighted by Gasteiger charge is -2.07. The van der Waals surface area contributed by atoms with E-state index in [0.29, 0.717) is 27.1 Å². The monoisotopic (exact) mass is 378 g/mol. The highest BCUT2D eigenvalue weighted by Crippen LogP contribution is 2.20. The fourth-order valence-electron chi connectivity index (χ4n) is 2.17. The van der Waals surface area contributed by atoms with E-state index >= 15 is 0 Å². The molecule has 0 bridgehead atoms. The maximum absolute atomic E-state index is 13.8. The van der Waals surface area contributed by atoms with Crippen LogP contribution in [-0.4, -0.2) is 15.8 Å². The molecule has 0 aliphatic heterocycles. The molecule has 2 amide bonds. The van der Waals surface area contributed by atoms with Crippen molar-refractivity contribution in [2.45, 2.75) is 6.54 Å². The van der Waals surface area contributed by atoms with Gasteiger partial charge in [0.15, 0.2) is 5.82 Å². The van der Waals surface area contributed by atoms with Crippen LogP contribution >= 0.6 is 23.2 Å². The number of amides is 2. The molecule has 2 N–H and O–H groups in total. The number of urea groups is 1. The summed E-state index contributed by atoms with van der Waals surface area (Å²) in [6, 6.07) is 12.4. The molecule has 128 valence electrons. The molecule has 0 saturated carbocycles. The molecular formula is C17H13Cl2FN4O. The lowest BCUT2D eigenvalue weighted by atomic mass is 10.2. The van der Waals surface area contributed by atoms with Crippen molar-refractivity contribution in [3.8, 4) is 0 Å². The smallest absolute Gasteiger partial charge is 0.308 e. The molecule has 1 aromatic heterocycles. The van der Waals surface area contributed by atoms with E-state index < -0.39 is 11.8 Å². The summed E-state index contributed by atoms with van der Waals surface area (Å²) in [5.74, 6) is -0.0723. The van der Waals surface area contributed by atoms with Gasteiger partial charge >= 0.3 is 6.03 Å². The summed E-state index contributed by atoms with van der Waals surface area (Å²) in [6.45, 7) is 0.159. The molecule has 0 fully saturated rings. The van der Waals surface area contributed by atoms with Crippen LogP contribution in [-0.2, 0) is 6.54 Å². The summed E-state index contributed by atoms with van der Waals surface area (Å²) >= 11 is 11.8. The van der Waals surface area contributed by atoms with Crippen LogP contribution in [0.4, 0.5) is 20.7 Å². The van der Waals surface area contributed by atoms with Crippen LogP contribution in [0.3, 0.4) is 0 Å². The number of carbonyl (C=O) groups is 1. The molecule has 0 atom stereocenters. The maximum Gasteiger partial charge on any atom is 0.324 e. The minimum absolute atomic E-state index is 0.159. The fourth-order valence-corrected chi connectivity index (χ4v) is 2.52. The Kier molecular flexibility index (Phi) is 5.21. The highest BCUT2D eigenvalue weighted by molar-refractivity contribution is 6.31. The van der Waals surface area contributed by atoms with Gasteiger partial charge in [0, 0.05) is 33.6 Å². The Labute approximate surface area is 153 Å². The second kappa shape index (κ2) is 7.55. The van der Waals surface area contributed by atoms with Crippen LogP contribution in [0.25, 0.3) is 0 Å². The zero-order chi connectivity index (χ0) is 17.8. The van der Waals surface area contributed by atoms with Crippen LogP contribution in [0, 0.1) is 5.82 Å². The zero-order valence-electron chi connectivity index (χ0n) is 12.8. The third-order valence-electron chi connectivity index (χ3n) is 3.37. The standard InChI is InChI=1S/C17H13Cl2FN4O/c18-11-4-6-12(7-5-11)21-17(25)22-16-8-9-24(23-16)10-13-14(19)2-1-3-15(13)20/h1-9H,10H2,(H2,21,22,23,25). The number of carbonyl (C=O) groups excluding carboxylic acids is 1. The van der Waals surface area contributed by atoms with Crippen molar-refractivity contribution in [1.29, 1.82) is 0 Å². The summed E-state index contributed by atoms with van der Waals surface area (Å²) in [5, 5.41) is 10.3. The SMILES string of the molecule is O=C(Nc1ccc(Cl)cc1)Nc1ccn(Cc2c(F)cccc2Cl)n1. The third kappa shape index (κ3) is 4.49.